The van der Waals surface area contributed by atoms with Gasteiger partial charge in [-0.3, -0.25) is 0 Å². The summed E-state index contributed by atoms with van der Waals surface area (Å²) < 4.78 is 18.3. The number of nitrogens with one attached hydrogen (secondary N) is 1. The largest absolute Gasteiger partial charge is 0.472 e. The van der Waals surface area contributed by atoms with Gasteiger partial charge in [0.2, 0.25) is 0 Å². The molecule has 0 fully saturated rings. The maximum Gasteiger partial charge on any atom is 0.137 e. The fraction of sp³-hybridized carbons (Fsp3) is 0.0909. The fourth-order valence-corrected chi connectivity index (χ4v) is 1.58. The molecule has 0 aliphatic rings. The van der Waals surface area contributed by atoms with E-state index in [9.17, 15) is 4.39 Å². The molecule has 2 nitrogen and oxygen atoms in total. The molecule has 2 rings (SSSR count). The third kappa shape index (κ3) is 2.59. The second-order valence-corrected chi connectivity index (χ2v) is 3.97. The Hall–Kier alpha value is -1.29. The molecule has 0 unspecified atom stereocenters. The van der Waals surface area contributed by atoms with Crippen LogP contribution >= 0.6 is 15.9 Å². The highest BCUT2D eigenvalue weighted by atomic mass is 79.9. The summed E-state index contributed by atoms with van der Waals surface area (Å²) in [4.78, 5) is 0. The summed E-state index contributed by atoms with van der Waals surface area (Å²) in [6.07, 6.45) is 3.29. The van der Waals surface area contributed by atoms with Crippen LogP contribution in [0.2, 0.25) is 0 Å². The summed E-state index contributed by atoms with van der Waals surface area (Å²) in [5.74, 6) is -0.260. The van der Waals surface area contributed by atoms with Gasteiger partial charge >= 0.3 is 0 Å². The van der Waals surface area contributed by atoms with Gasteiger partial charge in [-0.15, -0.1) is 0 Å². The van der Waals surface area contributed by atoms with Crippen LogP contribution in [-0.4, -0.2) is 0 Å². The quantitative estimate of drug-likeness (QED) is 0.917. The molecule has 0 spiro atoms. The van der Waals surface area contributed by atoms with E-state index in [4.69, 9.17) is 4.42 Å². The number of halogens is 2. The maximum atomic E-state index is 12.9. The lowest BCUT2D eigenvalue weighted by molar-refractivity contribution is 0.564. The van der Waals surface area contributed by atoms with Crippen molar-refractivity contribution in [1.29, 1.82) is 0 Å². The van der Waals surface area contributed by atoms with Crippen LogP contribution in [-0.2, 0) is 6.54 Å². The molecule has 0 atom stereocenters. The van der Waals surface area contributed by atoms with Gasteiger partial charge in [0.25, 0.3) is 0 Å². The molecule has 1 aromatic heterocycles. The van der Waals surface area contributed by atoms with Crippen LogP contribution in [0.5, 0.6) is 0 Å². The van der Waals surface area contributed by atoms with Crippen molar-refractivity contribution < 1.29 is 8.81 Å². The molecule has 1 aromatic carbocycles. The monoisotopic (exact) mass is 269 g/mol. The summed E-state index contributed by atoms with van der Waals surface area (Å²) in [6, 6.07) is 6.70. The van der Waals surface area contributed by atoms with Crippen LogP contribution in [0.3, 0.4) is 0 Å². The molecule has 0 amide bonds. The van der Waals surface area contributed by atoms with E-state index in [1.165, 1.54) is 6.07 Å². The fourth-order valence-electron chi connectivity index (χ4n) is 1.20. The second-order valence-electron chi connectivity index (χ2n) is 3.11. The smallest absolute Gasteiger partial charge is 0.137 e. The first-order valence-electron chi connectivity index (χ1n) is 4.46. The molecule has 0 aliphatic heterocycles. The number of furan rings is 1. The van der Waals surface area contributed by atoms with Crippen molar-refractivity contribution in [2.45, 2.75) is 6.54 Å². The van der Waals surface area contributed by atoms with Crippen LogP contribution in [0.25, 0.3) is 0 Å². The Balaban J connectivity index is 2.02. The van der Waals surface area contributed by atoms with Crippen LogP contribution in [0.4, 0.5) is 10.1 Å². The third-order valence-electron chi connectivity index (χ3n) is 2.00. The zero-order valence-electron chi connectivity index (χ0n) is 7.84. The normalized spacial score (nSPS) is 10.3. The highest BCUT2D eigenvalue weighted by molar-refractivity contribution is 9.10. The standard InChI is InChI=1S/C11H9BrFNO/c12-10-5-9(1-2-11(10)13)14-6-8-3-4-15-7-8/h1-5,7,14H,6H2. The Bertz CT molecular complexity index is 442. The van der Waals surface area contributed by atoms with Crippen molar-refractivity contribution in [2.75, 3.05) is 5.32 Å². The zero-order valence-corrected chi connectivity index (χ0v) is 9.42. The van der Waals surface area contributed by atoms with Gasteiger partial charge in [0.1, 0.15) is 5.82 Å². The Kier molecular flexibility index (Phi) is 3.06. The number of rotatable bonds is 3. The molecule has 0 aliphatic carbocycles. The van der Waals surface area contributed by atoms with Crippen LogP contribution < -0.4 is 5.32 Å². The lowest BCUT2D eigenvalue weighted by Crippen LogP contribution is -1.98. The average Bonchev–Trinajstić information content (AvgIpc) is 2.73. The molecule has 4 heteroatoms. The predicted octanol–water partition coefficient (Wildman–Crippen LogP) is 3.79. The second kappa shape index (κ2) is 4.49. The average molecular weight is 270 g/mol. The SMILES string of the molecule is Fc1ccc(NCc2ccoc2)cc1Br. The number of hydrogen-bond donors (Lipinski definition) is 1. The molecule has 0 radical (unpaired) electrons. The first-order valence-corrected chi connectivity index (χ1v) is 5.25. The molecule has 78 valence electrons. The lowest BCUT2D eigenvalue weighted by Gasteiger charge is -2.05. The molecular weight excluding hydrogens is 261 g/mol. The maximum absolute atomic E-state index is 12.9. The van der Waals surface area contributed by atoms with Crippen LogP contribution in [0.15, 0.2) is 45.7 Å². The van der Waals surface area contributed by atoms with Gasteiger partial charge in [-0.05, 0) is 40.2 Å². The van der Waals surface area contributed by atoms with Crippen molar-refractivity contribution >= 4 is 21.6 Å². The summed E-state index contributed by atoms with van der Waals surface area (Å²) >= 11 is 3.13. The van der Waals surface area contributed by atoms with Crippen molar-refractivity contribution in [2.24, 2.45) is 0 Å². The number of benzene rings is 1. The molecule has 2 aromatic rings. The van der Waals surface area contributed by atoms with Crippen molar-refractivity contribution in [3.05, 3.63) is 52.6 Å². The van der Waals surface area contributed by atoms with E-state index < -0.39 is 0 Å². The van der Waals surface area contributed by atoms with E-state index >= 15 is 0 Å². The highest BCUT2D eigenvalue weighted by Gasteiger charge is 2.00. The van der Waals surface area contributed by atoms with E-state index in [2.05, 4.69) is 21.2 Å². The van der Waals surface area contributed by atoms with E-state index in [0.717, 1.165) is 11.3 Å². The van der Waals surface area contributed by atoms with Gasteiger partial charge in [-0.2, -0.15) is 0 Å². The Morgan fingerprint density at radius 2 is 2.20 bits per heavy atom. The number of anilines is 1. The van der Waals surface area contributed by atoms with Gasteiger partial charge in [0.05, 0.1) is 17.0 Å². The minimum atomic E-state index is -0.260. The molecular formula is C11H9BrFNO. The zero-order chi connectivity index (χ0) is 10.7. The van der Waals surface area contributed by atoms with E-state index in [-0.39, 0.29) is 5.82 Å². The minimum Gasteiger partial charge on any atom is -0.472 e. The van der Waals surface area contributed by atoms with Gasteiger partial charge < -0.3 is 9.73 Å². The molecule has 0 bridgehead atoms. The molecule has 15 heavy (non-hydrogen) atoms. The van der Waals surface area contributed by atoms with Gasteiger partial charge in [0, 0.05) is 17.8 Å². The summed E-state index contributed by atoms with van der Waals surface area (Å²) in [5.41, 5.74) is 1.92. The van der Waals surface area contributed by atoms with E-state index in [1.54, 1.807) is 24.7 Å². The molecule has 1 heterocycles. The third-order valence-corrected chi connectivity index (χ3v) is 2.60. The van der Waals surface area contributed by atoms with Crippen LogP contribution in [0, 0.1) is 5.82 Å². The first kappa shape index (κ1) is 10.2. The van der Waals surface area contributed by atoms with E-state index in [1.807, 2.05) is 6.07 Å². The van der Waals surface area contributed by atoms with Crippen LogP contribution in [0.1, 0.15) is 5.56 Å². The lowest BCUT2D eigenvalue weighted by atomic mass is 10.3. The summed E-state index contributed by atoms with van der Waals surface area (Å²) in [7, 11) is 0. The highest BCUT2D eigenvalue weighted by Crippen LogP contribution is 2.20. The summed E-state index contributed by atoms with van der Waals surface area (Å²) in [5, 5.41) is 3.16. The topological polar surface area (TPSA) is 25.2 Å². The minimum absolute atomic E-state index is 0.260. The van der Waals surface area contributed by atoms with Gasteiger partial charge in [-0.25, -0.2) is 4.39 Å². The Morgan fingerprint density at radius 1 is 1.33 bits per heavy atom. The predicted molar refractivity (Wildman–Crippen MR) is 60.1 cm³/mol. The van der Waals surface area contributed by atoms with Crippen molar-refractivity contribution in [3.8, 4) is 0 Å². The van der Waals surface area contributed by atoms with E-state index in [0.29, 0.717) is 11.0 Å². The molecule has 1 N–H and O–H groups in total. The Morgan fingerprint density at radius 3 is 2.87 bits per heavy atom. The molecule has 0 saturated carbocycles. The van der Waals surface area contributed by atoms with Gasteiger partial charge in [-0.1, -0.05) is 0 Å². The molecule has 0 saturated heterocycles. The number of hydrogen-bond acceptors (Lipinski definition) is 2. The summed E-state index contributed by atoms with van der Waals surface area (Å²) in [6.45, 7) is 0.661. The van der Waals surface area contributed by atoms with Crippen molar-refractivity contribution in [1.82, 2.24) is 0 Å². The van der Waals surface area contributed by atoms with Crippen molar-refractivity contribution in [3.63, 3.8) is 0 Å². The Labute approximate surface area is 95.2 Å². The van der Waals surface area contributed by atoms with Gasteiger partial charge in [0.15, 0.2) is 0 Å². The first-order chi connectivity index (χ1) is 7.25.